The summed E-state index contributed by atoms with van der Waals surface area (Å²) in [5.74, 6) is 0.481. The molecule has 1 aliphatic carbocycles. The van der Waals surface area contributed by atoms with Crippen LogP contribution < -0.4 is 10.6 Å². The molecule has 0 bridgehead atoms. The Morgan fingerprint density at radius 3 is 2.57 bits per heavy atom. The van der Waals surface area contributed by atoms with Crippen molar-refractivity contribution in [2.24, 2.45) is 5.92 Å². The van der Waals surface area contributed by atoms with Gasteiger partial charge < -0.3 is 15.2 Å². The minimum absolute atomic E-state index is 0.0301. The van der Waals surface area contributed by atoms with Crippen LogP contribution in [0.15, 0.2) is 36.4 Å². The molecule has 1 saturated carbocycles. The van der Waals surface area contributed by atoms with Crippen LogP contribution in [0.1, 0.15) is 90.0 Å². The number of hydrogen-bond donors (Lipinski definition) is 2. The molecule has 2 heterocycles. The van der Waals surface area contributed by atoms with E-state index in [1.807, 2.05) is 36.4 Å². The van der Waals surface area contributed by atoms with Crippen LogP contribution >= 0.6 is 0 Å². The minimum Gasteiger partial charge on any atom is -0.350 e. The molecule has 2 aliphatic rings. The van der Waals surface area contributed by atoms with Crippen LogP contribution in [0.5, 0.6) is 0 Å². The van der Waals surface area contributed by atoms with E-state index < -0.39 is 0 Å². The molecular formula is C25H33N3O2. The monoisotopic (exact) mass is 407 g/mol. The fourth-order valence-electron chi connectivity index (χ4n) is 4.95. The summed E-state index contributed by atoms with van der Waals surface area (Å²) in [5, 5.41) is 6.32. The largest absolute Gasteiger partial charge is 0.350 e. The summed E-state index contributed by atoms with van der Waals surface area (Å²) in [5.41, 5.74) is 3.42. The van der Waals surface area contributed by atoms with E-state index >= 15 is 0 Å². The Morgan fingerprint density at radius 2 is 1.83 bits per heavy atom. The number of hydrogen-bond acceptors (Lipinski definition) is 2. The fraction of sp³-hybridized carbons (Fsp3) is 0.520. The lowest BCUT2D eigenvalue weighted by molar-refractivity contribution is 0.0929. The van der Waals surface area contributed by atoms with Crippen LogP contribution in [-0.2, 0) is 13.0 Å². The van der Waals surface area contributed by atoms with E-state index in [0.717, 1.165) is 50.0 Å². The number of nitrogens with zero attached hydrogens (tertiary/aromatic N) is 1. The van der Waals surface area contributed by atoms with Crippen molar-refractivity contribution in [2.45, 2.75) is 70.9 Å². The normalized spacial score (nSPS) is 17.4. The number of amides is 2. The molecule has 160 valence electrons. The molecule has 0 spiro atoms. The highest BCUT2D eigenvalue weighted by Crippen LogP contribution is 2.26. The van der Waals surface area contributed by atoms with Crippen LogP contribution in [-0.4, -0.2) is 22.9 Å². The van der Waals surface area contributed by atoms with Gasteiger partial charge in [0.1, 0.15) is 5.69 Å². The average molecular weight is 408 g/mol. The predicted octanol–water partition coefficient (Wildman–Crippen LogP) is 4.63. The van der Waals surface area contributed by atoms with Gasteiger partial charge in [0.15, 0.2) is 0 Å². The van der Waals surface area contributed by atoms with Gasteiger partial charge in [0.25, 0.3) is 11.8 Å². The van der Waals surface area contributed by atoms with Crippen LogP contribution in [0.3, 0.4) is 0 Å². The molecule has 1 atom stereocenters. The summed E-state index contributed by atoms with van der Waals surface area (Å²) in [6.07, 6.45) is 8.73. The van der Waals surface area contributed by atoms with E-state index in [-0.39, 0.29) is 17.9 Å². The van der Waals surface area contributed by atoms with Gasteiger partial charge in [-0.2, -0.15) is 0 Å². The van der Waals surface area contributed by atoms with E-state index in [1.54, 1.807) is 0 Å². The molecule has 2 N–H and O–H groups in total. The van der Waals surface area contributed by atoms with Crippen molar-refractivity contribution in [3.8, 4) is 0 Å². The van der Waals surface area contributed by atoms with Crippen LogP contribution in [0.2, 0.25) is 0 Å². The second kappa shape index (κ2) is 9.50. The smallest absolute Gasteiger partial charge is 0.267 e. The number of fused-ring (bicyclic) bond motifs is 1. The molecule has 1 aromatic heterocycles. The van der Waals surface area contributed by atoms with Crippen LogP contribution in [0.25, 0.3) is 0 Å². The molecule has 2 amide bonds. The average Bonchev–Trinajstić information content (AvgIpc) is 3.44. The van der Waals surface area contributed by atoms with Gasteiger partial charge in [-0.1, -0.05) is 50.1 Å². The van der Waals surface area contributed by atoms with E-state index in [2.05, 4.69) is 22.1 Å². The quantitative estimate of drug-likeness (QED) is 0.703. The third-order valence-corrected chi connectivity index (χ3v) is 6.67. The maximum absolute atomic E-state index is 13.2. The number of rotatable bonds is 7. The second-order valence-corrected chi connectivity index (χ2v) is 8.70. The molecule has 0 radical (unpaired) electrons. The topological polar surface area (TPSA) is 63.1 Å². The number of carbonyl (C=O) groups is 2. The minimum atomic E-state index is -0.0776. The zero-order chi connectivity index (χ0) is 20.9. The summed E-state index contributed by atoms with van der Waals surface area (Å²) in [7, 11) is 0. The Kier molecular flexibility index (Phi) is 6.56. The molecule has 1 aromatic carbocycles. The summed E-state index contributed by atoms with van der Waals surface area (Å²) < 4.78 is 2.08. The van der Waals surface area contributed by atoms with Gasteiger partial charge in [-0.05, 0) is 56.1 Å². The van der Waals surface area contributed by atoms with Gasteiger partial charge in [-0.15, -0.1) is 0 Å². The highest BCUT2D eigenvalue weighted by molar-refractivity contribution is 6.00. The summed E-state index contributed by atoms with van der Waals surface area (Å²) in [6.45, 7) is 3.63. The Balaban J connectivity index is 1.52. The highest BCUT2D eigenvalue weighted by atomic mass is 16.2. The summed E-state index contributed by atoms with van der Waals surface area (Å²) in [6, 6.07) is 11.9. The third kappa shape index (κ3) is 4.45. The standard InChI is InChI=1S/C25H33N3O2/c1-2-21(19-12-4-3-5-13-19)27-24(29)20-16-23(28-15-9-8-14-22(20)28)25(30)26-17-18-10-6-7-11-18/h3-5,12-13,16,18,21H,2,6-11,14-15,17H2,1H3,(H,26,30)(H,27,29)/t21-/m1/s1. The van der Waals surface area contributed by atoms with Crippen molar-refractivity contribution in [2.75, 3.05) is 6.54 Å². The summed E-state index contributed by atoms with van der Waals surface area (Å²) >= 11 is 0. The zero-order valence-corrected chi connectivity index (χ0v) is 18.0. The number of benzene rings is 1. The van der Waals surface area contributed by atoms with E-state index in [1.165, 1.54) is 25.7 Å². The maximum atomic E-state index is 13.2. The maximum Gasteiger partial charge on any atom is 0.267 e. The van der Waals surface area contributed by atoms with Crippen molar-refractivity contribution in [1.82, 2.24) is 15.2 Å². The fourth-order valence-corrected chi connectivity index (χ4v) is 4.95. The molecule has 5 nitrogen and oxygen atoms in total. The molecule has 30 heavy (non-hydrogen) atoms. The van der Waals surface area contributed by atoms with Crippen molar-refractivity contribution < 1.29 is 9.59 Å². The first-order valence-electron chi connectivity index (χ1n) is 11.5. The van der Waals surface area contributed by atoms with Gasteiger partial charge in [0, 0.05) is 18.8 Å². The van der Waals surface area contributed by atoms with Gasteiger partial charge in [0.05, 0.1) is 11.6 Å². The van der Waals surface area contributed by atoms with E-state index in [0.29, 0.717) is 17.2 Å². The third-order valence-electron chi connectivity index (χ3n) is 6.67. The van der Waals surface area contributed by atoms with Gasteiger partial charge in [-0.3, -0.25) is 9.59 Å². The van der Waals surface area contributed by atoms with Crippen molar-refractivity contribution in [3.05, 3.63) is 58.9 Å². The Labute approximate surface area is 179 Å². The molecule has 2 aromatic rings. The second-order valence-electron chi connectivity index (χ2n) is 8.70. The molecule has 5 heteroatoms. The lowest BCUT2D eigenvalue weighted by Crippen LogP contribution is -2.30. The van der Waals surface area contributed by atoms with Crippen molar-refractivity contribution in [3.63, 3.8) is 0 Å². The highest BCUT2D eigenvalue weighted by Gasteiger charge is 2.27. The number of nitrogens with one attached hydrogen (secondary N) is 2. The Hall–Kier alpha value is -2.56. The van der Waals surface area contributed by atoms with Gasteiger partial charge >= 0.3 is 0 Å². The van der Waals surface area contributed by atoms with Gasteiger partial charge in [-0.25, -0.2) is 0 Å². The number of carbonyl (C=O) groups excluding carboxylic acids is 2. The van der Waals surface area contributed by atoms with Crippen molar-refractivity contribution in [1.29, 1.82) is 0 Å². The van der Waals surface area contributed by atoms with Crippen molar-refractivity contribution >= 4 is 11.8 Å². The van der Waals surface area contributed by atoms with Crippen LogP contribution in [0.4, 0.5) is 0 Å². The van der Waals surface area contributed by atoms with E-state index in [9.17, 15) is 9.59 Å². The first-order valence-corrected chi connectivity index (χ1v) is 11.5. The van der Waals surface area contributed by atoms with Crippen LogP contribution in [0, 0.1) is 5.92 Å². The lowest BCUT2D eigenvalue weighted by atomic mass is 10.0. The molecule has 0 unspecified atom stereocenters. The Bertz CT molecular complexity index is 881. The van der Waals surface area contributed by atoms with Gasteiger partial charge in [0.2, 0.25) is 0 Å². The first kappa shape index (κ1) is 20.7. The molecule has 0 saturated heterocycles. The molecular weight excluding hydrogens is 374 g/mol. The lowest BCUT2D eigenvalue weighted by Gasteiger charge is -2.20. The Morgan fingerprint density at radius 1 is 1.07 bits per heavy atom. The zero-order valence-electron chi connectivity index (χ0n) is 18.0. The molecule has 1 aliphatic heterocycles. The molecule has 1 fully saturated rings. The summed E-state index contributed by atoms with van der Waals surface area (Å²) in [4.78, 5) is 26.2. The predicted molar refractivity (Wildman–Crippen MR) is 119 cm³/mol. The van der Waals surface area contributed by atoms with E-state index in [4.69, 9.17) is 0 Å². The SMILES string of the molecule is CC[C@@H](NC(=O)c1cc(C(=O)NCC2CCCC2)n2c1CCCC2)c1ccccc1. The molecule has 4 rings (SSSR count). The first-order chi connectivity index (χ1) is 14.7. The number of aromatic nitrogens is 1.